The fourth-order valence-electron chi connectivity index (χ4n) is 3.58. The molecule has 2 nitrogen and oxygen atoms in total. The Hall–Kier alpha value is -0.0800. The molecule has 1 spiro atoms. The summed E-state index contributed by atoms with van der Waals surface area (Å²) in [4.78, 5) is 2.63. The van der Waals surface area contributed by atoms with Crippen LogP contribution in [-0.4, -0.2) is 37.1 Å². The molecule has 2 rings (SSSR count). The average molecular weight is 224 g/mol. The molecule has 0 amide bonds. The van der Waals surface area contributed by atoms with E-state index in [9.17, 15) is 0 Å². The summed E-state index contributed by atoms with van der Waals surface area (Å²) in [6.45, 7) is 12.1. The van der Waals surface area contributed by atoms with E-state index in [1.807, 2.05) is 0 Å². The first-order valence-corrected chi connectivity index (χ1v) is 7.09. The largest absolute Gasteiger partial charge is 0.315 e. The topological polar surface area (TPSA) is 15.3 Å². The predicted octanol–water partition coefficient (Wildman–Crippen LogP) is 2.50. The third-order valence-corrected chi connectivity index (χ3v) is 4.21. The number of nitrogens with one attached hydrogen (secondary N) is 1. The number of hydrogen-bond donors (Lipinski definition) is 1. The van der Waals surface area contributed by atoms with Gasteiger partial charge in [0.1, 0.15) is 0 Å². The summed E-state index contributed by atoms with van der Waals surface area (Å²) in [6, 6.07) is 0.651. The van der Waals surface area contributed by atoms with Crippen molar-refractivity contribution in [3.63, 3.8) is 0 Å². The van der Waals surface area contributed by atoms with Crippen LogP contribution in [0.5, 0.6) is 0 Å². The Balaban J connectivity index is 1.54. The quantitative estimate of drug-likeness (QED) is 0.746. The van der Waals surface area contributed by atoms with Gasteiger partial charge in [-0.15, -0.1) is 0 Å². The van der Waals surface area contributed by atoms with Gasteiger partial charge < -0.3 is 10.2 Å². The van der Waals surface area contributed by atoms with Crippen LogP contribution in [0.2, 0.25) is 0 Å². The molecule has 2 fully saturated rings. The van der Waals surface area contributed by atoms with E-state index < -0.39 is 0 Å². The summed E-state index contributed by atoms with van der Waals surface area (Å²) in [6.07, 6.45) is 5.73. The van der Waals surface area contributed by atoms with E-state index >= 15 is 0 Å². The van der Waals surface area contributed by atoms with Gasteiger partial charge >= 0.3 is 0 Å². The number of hydrogen-bond acceptors (Lipinski definition) is 2. The van der Waals surface area contributed by atoms with E-state index in [0.717, 1.165) is 11.3 Å². The van der Waals surface area contributed by atoms with Crippen LogP contribution in [0.4, 0.5) is 0 Å². The summed E-state index contributed by atoms with van der Waals surface area (Å²) in [5.41, 5.74) is 0.775. The lowest BCUT2D eigenvalue weighted by Gasteiger charge is -2.59. The van der Waals surface area contributed by atoms with Gasteiger partial charge in [-0.2, -0.15) is 0 Å². The van der Waals surface area contributed by atoms with Crippen LogP contribution in [0.3, 0.4) is 0 Å². The minimum Gasteiger partial charge on any atom is -0.315 e. The van der Waals surface area contributed by atoms with Crippen LogP contribution in [0.15, 0.2) is 0 Å². The van der Waals surface area contributed by atoms with E-state index in [4.69, 9.17) is 0 Å². The first-order chi connectivity index (χ1) is 7.63. The van der Waals surface area contributed by atoms with Crippen molar-refractivity contribution in [1.29, 1.82) is 0 Å². The smallest absolute Gasteiger partial charge is 0.00507 e. The second kappa shape index (κ2) is 5.05. The number of rotatable bonds is 6. The lowest BCUT2D eigenvalue weighted by molar-refractivity contribution is -0.0952. The second-order valence-corrected chi connectivity index (χ2v) is 6.38. The SMILES string of the molecule is CCCN1CC2(CC(CCNC(C)C)C2)C1. The first kappa shape index (κ1) is 12.4. The van der Waals surface area contributed by atoms with Gasteiger partial charge in [-0.1, -0.05) is 20.8 Å². The normalized spacial score (nSPS) is 24.8. The Bertz CT molecular complexity index is 211. The zero-order valence-electron chi connectivity index (χ0n) is 11.3. The molecule has 1 aliphatic heterocycles. The standard InChI is InChI=1S/C14H28N2/c1-4-7-16-10-14(11-16)8-13(9-14)5-6-15-12(2)3/h12-13,15H,4-11H2,1-3H3. The Morgan fingerprint density at radius 1 is 1.31 bits per heavy atom. The molecule has 0 radical (unpaired) electrons. The molecule has 0 unspecified atom stereocenters. The predicted molar refractivity (Wildman–Crippen MR) is 69.6 cm³/mol. The van der Waals surface area contributed by atoms with Gasteiger partial charge in [0.25, 0.3) is 0 Å². The van der Waals surface area contributed by atoms with Gasteiger partial charge in [0, 0.05) is 19.1 Å². The van der Waals surface area contributed by atoms with Crippen molar-refractivity contribution >= 4 is 0 Å². The maximum atomic E-state index is 3.53. The van der Waals surface area contributed by atoms with Crippen molar-refractivity contribution in [1.82, 2.24) is 10.2 Å². The third kappa shape index (κ3) is 2.78. The molecule has 2 aliphatic rings. The first-order valence-electron chi connectivity index (χ1n) is 7.09. The van der Waals surface area contributed by atoms with Crippen molar-refractivity contribution < 1.29 is 0 Å². The van der Waals surface area contributed by atoms with Crippen molar-refractivity contribution in [2.45, 2.75) is 52.5 Å². The Morgan fingerprint density at radius 3 is 2.56 bits per heavy atom. The van der Waals surface area contributed by atoms with Gasteiger partial charge in [0.2, 0.25) is 0 Å². The maximum Gasteiger partial charge on any atom is 0.00507 e. The molecule has 1 aliphatic carbocycles. The van der Waals surface area contributed by atoms with Gasteiger partial charge in [-0.25, -0.2) is 0 Å². The highest BCUT2D eigenvalue weighted by Gasteiger charge is 2.51. The monoisotopic (exact) mass is 224 g/mol. The van der Waals surface area contributed by atoms with E-state index in [2.05, 4.69) is 31.0 Å². The van der Waals surface area contributed by atoms with Crippen molar-refractivity contribution in [2.24, 2.45) is 11.3 Å². The Morgan fingerprint density at radius 2 is 2.00 bits per heavy atom. The number of nitrogens with zero attached hydrogens (tertiary/aromatic N) is 1. The van der Waals surface area contributed by atoms with Crippen LogP contribution >= 0.6 is 0 Å². The van der Waals surface area contributed by atoms with E-state index in [-0.39, 0.29) is 0 Å². The average Bonchev–Trinajstić information content (AvgIpc) is 2.09. The molecule has 0 atom stereocenters. The maximum absolute atomic E-state index is 3.53. The molecule has 0 aromatic rings. The van der Waals surface area contributed by atoms with Crippen molar-refractivity contribution in [2.75, 3.05) is 26.2 Å². The molecular formula is C14H28N2. The minimum atomic E-state index is 0.651. The van der Waals surface area contributed by atoms with Gasteiger partial charge in [0.05, 0.1) is 0 Å². The van der Waals surface area contributed by atoms with Crippen LogP contribution in [0.25, 0.3) is 0 Å². The summed E-state index contributed by atoms with van der Waals surface area (Å²) < 4.78 is 0. The Labute approximate surface area is 101 Å². The van der Waals surface area contributed by atoms with E-state index in [0.29, 0.717) is 6.04 Å². The van der Waals surface area contributed by atoms with E-state index in [1.165, 1.54) is 51.9 Å². The summed E-state index contributed by atoms with van der Waals surface area (Å²) >= 11 is 0. The molecule has 0 aromatic heterocycles. The molecule has 0 aromatic carbocycles. The molecule has 1 N–H and O–H groups in total. The zero-order chi connectivity index (χ0) is 11.6. The molecule has 94 valence electrons. The van der Waals surface area contributed by atoms with Crippen LogP contribution < -0.4 is 5.32 Å². The van der Waals surface area contributed by atoms with Crippen LogP contribution in [0.1, 0.15) is 46.5 Å². The van der Waals surface area contributed by atoms with Gasteiger partial charge in [-0.05, 0) is 50.1 Å². The van der Waals surface area contributed by atoms with Gasteiger partial charge in [0.15, 0.2) is 0 Å². The highest BCUT2D eigenvalue weighted by atomic mass is 15.2. The summed E-state index contributed by atoms with van der Waals surface area (Å²) in [5.74, 6) is 1.02. The third-order valence-electron chi connectivity index (χ3n) is 4.21. The lowest BCUT2D eigenvalue weighted by atomic mass is 9.57. The molecule has 1 saturated carbocycles. The summed E-state index contributed by atoms with van der Waals surface area (Å²) in [5, 5.41) is 3.53. The van der Waals surface area contributed by atoms with Gasteiger partial charge in [-0.3, -0.25) is 0 Å². The second-order valence-electron chi connectivity index (χ2n) is 6.38. The fraction of sp³-hybridized carbons (Fsp3) is 1.00. The molecule has 2 heteroatoms. The van der Waals surface area contributed by atoms with Crippen LogP contribution in [-0.2, 0) is 0 Å². The van der Waals surface area contributed by atoms with Crippen LogP contribution in [0, 0.1) is 11.3 Å². The molecule has 0 bridgehead atoms. The fourth-order valence-corrected chi connectivity index (χ4v) is 3.58. The lowest BCUT2D eigenvalue weighted by Crippen LogP contribution is -2.62. The molecule has 16 heavy (non-hydrogen) atoms. The summed E-state index contributed by atoms with van der Waals surface area (Å²) in [7, 11) is 0. The Kier molecular flexibility index (Phi) is 3.91. The van der Waals surface area contributed by atoms with Crippen molar-refractivity contribution in [3.05, 3.63) is 0 Å². The zero-order valence-corrected chi connectivity index (χ0v) is 11.3. The highest BCUT2D eigenvalue weighted by molar-refractivity contribution is 5.03. The van der Waals surface area contributed by atoms with Crippen molar-refractivity contribution in [3.8, 4) is 0 Å². The highest BCUT2D eigenvalue weighted by Crippen LogP contribution is 2.52. The molecular weight excluding hydrogens is 196 g/mol. The van der Waals surface area contributed by atoms with E-state index in [1.54, 1.807) is 0 Å². The molecule has 1 saturated heterocycles. The number of likely N-dealkylation sites (tertiary alicyclic amines) is 1. The minimum absolute atomic E-state index is 0.651. The molecule has 1 heterocycles.